The molecule has 120 valence electrons. The van der Waals surface area contributed by atoms with Gasteiger partial charge >= 0.3 is 0 Å². The lowest BCUT2D eigenvalue weighted by Crippen LogP contribution is -2.36. The van der Waals surface area contributed by atoms with Crippen molar-refractivity contribution in [3.63, 3.8) is 0 Å². The Morgan fingerprint density at radius 1 is 1.41 bits per heavy atom. The van der Waals surface area contributed by atoms with Crippen molar-refractivity contribution in [3.05, 3.63) is 29.3 Å². The minimum atomic E-state index is -0.721. The van der Waals surface area contributed by atoms with Gasteiger partial charge in [-0.1, -0.05) is 12.1 Å². The molecule has 1 unspecified atom stereocenters. The molecule has 1 aromatic carbocycles. The van der Waals surface area contributed by atoms with Gasteiger partial charge in [-0.2, -0.15) is 5.26 Å². The van der Waals surface area contributed by atoms with E-state index in [9.17, 15) is 10.2 Å². The van der Waals surface area contributed by atoms with Crippen molar-refractivity contribution >= 4 is 0 Å². The summed E-state index contributed by atoms with van der Waals surface area (Å²) in [5, 5.41) is 28.3. The predicted molar refractivity (Wildman–Crippen MR) is 84.7 cm³/mol. The molecule has 22 heavy (non-hydrogen) atoms. The molecule has 2 N–H and O–H groups in total. The lowest BCUT2D eigenvalue weighted by Gasteiger charge is -2.40. The summed E-state index contributed by atoms with van der Waals surface area (Å²) in [6.45, 7) is 1.79. The molecule has 1 aliphatic carbocycles. The summed E-state index contributed by atoms with van der Waals surface area (Å²) in [4.78, 5) is 0. The molecule has 0 amide bonds. The van der Waals surface area contributed by atoms with Crippen LogP contribution in [0.3, 0.4) is 0 Å². The number of hydrogen-bond donors (Lipinski definition) is 2. The highest BCUT2D eigenvalue weighted by Crippen LogP contribution is 2.45. The molecule has 1 saturated carbocycles. The quantitative estimate of drug-likeness (QED) is 0.877. The maximum absolute atomic E-state index is 9.99. The summed E-state index contributed by atoms with van der Waals surface area (Å²) >= 11 is 0. The van der Waals surface area contributed by atoms with Crippen LogP contribution in [0.1, 0.15) is 43.2 Å². The monoisotopic (exact) mass is 303 g/mol. The first-order chi connectivity index (χ1) is 10.5. The van der Waals surface area contributed by atoms with Gasteiger partial charge in [0.1, 0.15) is 5.75 Å². The van der Waals surface area contributed by atoms with E-state index in [2.05, 4.69) is 18.2 Å². The first-order valence-corrected chi connectivity index (χ1v) is 7.88. The lowest BCUT2D eigenvalue weighted by atomic mass is 9.64. The van der Waals surface area contributed by atoms with Crippen molar-refractivity contribution in [2.45, 2.75) is 50.5 Å². The third-order valence-corrected chi connectivity index (χ3v) is 4.97. The number of hydrogen-bond acceptors (Lipinski definition) is 4. The van der Waals surface area contributed by atoms with Gasteiger partial charge in [0.25, 0.3) is 0 Å². The predicted octanol–water partition coefficient (Wildman–Crippen LogP) is 2.70. The van der Waals surface area contributed by atoms with E-state index >= 15 is 0 Å². The first-order valence-electron chi connectivity index (χ1n) is 7.88. The van der Waals surface area contributed by atoms with E-state index in [-0.39, 0.29) is 17.9 Å². The Balaban J connectivity index is 2.32. The van der Waals surface area contributed by atoms with Crippen LogP contribution in [0, 0.1) is 24.2 Å². The number of nitriles is 1. The van der Waals surface area contributed by atoms with Gasteiger partial charge in [0.15, 0.2) is 0 Å². The number of nitrogens with zero attached hydrogens (tertiary/aromatic N) is 1. The minimum absolute atomic E-state index is 0.110. The van der Waals surface area contributed by atoms with Crippen LogP contribution in [0.2, 0.25) is 0 Å². The fourth-order valence-corrected chi connectivity index (χ4v) is 3.63. The fraction of sp³-hybridized carbons (Fsp3) is 0.611. The molecule has 0 spiro atoms. The Hall–Kier alpha value is -1.57. The molecule has 0 radical (unpaired) electrons. The number of aliphatic hydroxyl groups excluding tert-OH is 2. The highest BCUT2D eigenvalue weighted by molar-refractivity contribution is 5.40. The molecule has 1 aliphatic rings. The zero-order chi connectivity index (χ0) is 16.2. The summed E-state index contributed by atoms with van der Waals surface area (Å²) in [5.74, 6) is 0.964. The van der Waals surface area contributed by atoms with E-state index in [0.717, 1.165) is 37.0 Å². The van der Waals surface area contributed by atoms with E-state index in [1.165, 1.54) is 5.56 Å². The molecule has 1 fully saturated rings. The van der Waals surface area contributed by atoms with Crippen LogP contribution in [0.25, 0.3) is 0 Å². The SMILES string of the molecule is COc1ccc(C2(CC(O)CO)CCC(C#N)CC2)cc1C. The largest absolute Gasteiger partial charge is 0.496 e. The molecule has 0 heterocycles. The lowest BCUT2D eigenvalue weighted by molar-refractivity contribution is 0.0553. The van der Waals surface area contributed by atoms with Crippen LogP contribution in [0.15, 0.2) is 18.2 Å². The second kappa shape index (κ2) is 7.13. The normalized spacial score (nSPS) is 26.2. The maximum Gasteiger partial charge on any atom is 0.121 e. The molecule has 1 aromatic rings. The fourth-order valence-electron chi connectivity index (χ4n) is 3.63. The van der Waals surface area contributed by atoms with Crippen molar-refractivity contribution in [3.8, 4) is 11.8 Å². The third kappa shape index (κ3) is 3.43. The molecule has 4 heteroatoms. The van der Waals surface area contributed by atoms with E-state index in [4.69, 9.17) is 10.00 Å². The second-order valence-corrected chi connectivity index (χ2v) is 6.41. The Morgan fingerprint density at radius 3 is 2.59 bits per heavy atom. The Labute approximate surface area is 132 Å². The van der Waals surface area contributed by atoms with Crippen molar-refractivity contribution < 1.29 is 14.9 Å². The average Bonchev–Trinajstić information content (AvgIpc) is 2.55. The smallest absolute Gasteiger partial charge is 0.121 e. The van der Waals surface area contributed by atoms with Crippen molar-refractivity contribution in [1.82, 2.24) is 0 Å². The molecule has 0 aromatic heterocycles. The van der Waals surface area contributed by atoms with Crippen LogP contribution in [-0.4, -0.2) is 30.0 Å². The molecule has 1 atom stereocenters. The average molecular weight is 303 g/mol. The number of ether oxygens (including phenoxy) is 1. The molecular formula is C18H25NO3. The summed E-state index contributed by atoms with van der Waals surface area (Å²) < 4.78 is 5.32. The molecule has 0 saturated heterocycles. The topological polar surface area (TPSA) is 73.5 Å². The number of rotatable bonds is 5. The van der Waals surface area contributed by atoms with E-state index < -0.39 is 6.10 Å². The zero-order valence-corrected chi connectivity index (χ0v) is 13.4. The van der Waals surface area contributed by atoms with Gasteiger partial charge in [-0.25, -0.2) is 0 Å². The first kappa shape index (κ1) is 16.8. The van der Waals surface area contributed by atoms with Crippen molar-refractivity contribution in [2.24, 2.45) is 5.92 Å². The summed E-state index contributed by atoms with van der Waals surface area (Å²) in [6, 6.07) is 8.50. The highest BCUT2D eigenvalue weighted by atomic mass is 16.5. The van der Waals surface area contributed by atoms with Gasteiger partial charge in [0.2, 0.25) is 0 Å². The summed E-state index contributed by atoms with van der Waals surface area (Å²) in [6.07, 6.45) is 3.25. The van der Waals surface area contributed by atoms with Crippen molar-refractivity contribution in [2.75, 3.05) is 13.7 Å². The van der Waals surface area contributed by atoms with Gasteiger partial charge in [-0.3, -0.25) is 0 Å². The Morgan fingerprint density at radius 2 is 2.09 bits per heavy atom. The van der Waals surface area contributed by atoms with E-state index in [1.807, 2.05) is 13.0 Å². The van der Waals surface area contributed by atoms with E-state index in [1.54, 1.807) is 7.11 Å². The number of aryl methyl sites for hydroxylation is 1. The van der Waals surface area contributed by atoms with Crippen LogP contribution in [0.5, 0.6) is 5.75 Å². The van der Waals surface area contributed by atoms with Crippen LogP contribution in [-0.2, 0) is 5.41 Å². The minimum Gasteiger partial charge on any atom is -0.496 e. The van der Waals surface area contributed by atoms with Gasteiger partial charge in [0.05, 0.1) is 25.9 Å². The standard InChI is InChI=1S/C18H25NO3/c1-13-9-15(3-4-17(13)22-2)18(10-16(21)12-20)7-5-14(11-19)6-8-18/h3-4,9,14,16,20-21H,5-8,10,12H2,1-2H3. The van der Waals surface area contributed by atoms with Gasteiger partial charge < -0.3 is 14.9 Å². The molecule has 0 aliphatic heterocycles. The maximum atomic E-state index is 9.99. The Bertz CT molecular complexity index is 542. The molecule has 2 rings (SSSR count). The third-order valence-electron chi connectivity index (χ3n) is 4.97. The van der Waals surface area contributed by atoms with Crippen LogP contribution in [0.4, 0.5) is 0 Å². The number of methoxy groups -OCH3 is 1. The summed E-state index contributed by atoms with van der Waals surface area (Å²) in [5.41, 5.74) is 2.09. The number of aliphatic hydroxyl groups is 2. The molecule has 0 bridgehead atoms. The zero-order valence-electron chi connectivity index (χ0n) is 13.4. The summed E-state index contributed by atoms with van der Waals surface area (Å²) in [7, 11) is 1.66. The van der Waals surface area contributed by atoms with E-state index in [0.29, 0.717) is 6.42 Å². The molecule has 4 nitrogen and oxygen atoms in total. The van der Waals surface area contributed by atoms with Crippen LogP contribution >= 0.6 is 0 Å². The number of benzene rings is 1. The van der Waals surface area contributed by atoms with Crippen molar-refractivity contribution in [1.29, 1.82) is 5.26 Å². The van der Waals surface area contributed by atoms with Gasteiger partial charge in [-0.05, 0) is 61.6 Å². The van der Waals surface area contributed by atoms with Gasteiger partial charge in [0, 0.05) is 5.92 Å². The van der Waals surface area contributed by atoms with Crippen LogP contribution < -0.4 is 4.74 Å². The molecular weight excluding hydrogens is 278 g/mol. The van der Waals surface area contributed by atoms with Gasteiger partial charge in [-0.15, -0.1) is 0 Å². The highest BCUT2D eigenvalue weighted by Gasteiger charge is 2.38. The second-order valence-electron chi connectivity index (χ2n) is 6.41. The Kier molecular flexibility index (Phi) is 5.44.